The summed E-state index contributed by atoms with van der Waals surface area (Å²) in [6.07, 6.45) is 1.49. The molecule has 1 saturated heterocycles. The van der Waals surface area contributed by atoms with E-state index in [1.54, 1.807) is 7.11 Å². The fourth-order valence-electron chi connectivity index (χ4n) is 1.84. The second-order valence-electron chi connectivity index (χ2n) is 3.68. The molecule has 1 fully saturated rings. The van der Waals surface area contributed by atoms with Gasteiger partial charge in [-0.15, -0.1) is 12.4 Å². The number of nitrogens with two attached hydrogens (primary N) is 1. The average molecular weight is 229 g/mol. The van der Waals surface area contributed by atoms with Crippen molar-refractivity contribution in [3.63, 3.8) is 0 Å². The second kappa shape index (κ2) is 5.24. The van der Waals surface area contributed by atoms with Gasteiger partial charge in [0, 0.05) is 31.6 Å². The Balaban J connectivity index is 0.00000112. The molecule has 0 spiro atoms. The first-order valence-electron chi connectivity index (χ1n) is 4.93. The van der Waals surface area contributed by atoms with E-state index in [1.165, 1.54) is 5.69 Å². The zero-order chi connectivity index (χ0) is 9.97. The van der Waals surface area contributed by atoms with Crippen LogP contribution in [0.1, 0.15) is 6.42 Å². The van der Waals surface area contributed by atoms with Crippen molar-refractivity contribution in [3.8, 4) is 0 Å². The predicted octanol–water partition coefficient (Wildman–Crippen LogP) is 1.92. The maximum absolute atomic E-state index is 5.64. The topological polar surface area (TPSA) is 38.5 Å². The highest BCUT2D eigenvalue weighted by Gasteiger charge is 2.21. The van der Waals surface area contributed by atoms with Gasteiger partial charge in [0.2, 0.25) is 0 Å². The van der Waals surface area contributed by atoms with Crippen molar-refractivity contribution < 1.29 is 4.74 Å². The van der Waals surface area contributed by atoms with E-state index in [0.717, 1.165) is 25.2 Å². The molecule has 15 heavy (non-hydrogen) atoms. The lowest BCUT2D eigenvalue weighted by molar-refractivity contribution is 0.121. The molecule has 3 nitrogen and oxygen atoms in total. The summed E-state index contributed by atoms with van der Waals surface area (Å²) in [5, 5.41) is 0. The molecular weight excluding hydrogens is 212 g/mol. The van der Waals surface area contributed by atoms with Gasteiger partial charge >= 0.3 is 0 Å². The molecule has 0 aromatic heterocycles. The van der Waals surface area contributed by atoms with E-state index >= 15 is 0 Å². The first-order valence-corrected chi connectivity index (χ1v) is 4.93. The smallest absolute Gasteiger partial charge is 0.0762 e. The molecule has 0 saturated carbocycles. The number of hydrogen-bond acceptors (Lipinski definition) is 3. The average Bonchev–Trinajstić information content (AvgIpc) is 2.67. The molecule has 1 heterocycles. The van der Waals surface area contributed by atoms with Crippen LogP contribution in [-0.2, 0) is 4.74 Å². The van der Waals surface area contributed by atoms with Gasteiger partial charge in [-0.25, -0.2) is 0 Å². The van der Waals surface area contributed by atoms with Gasteiger partial charge in [0.1, 0.15) is 0 Å². The first-order chi connectivity index (χ1) is 6.79. The molecule has 0 bridgehead atoms. The van der Waals surface area contributed by atoms with E-state index < -0.39 is 0 Å². The largest absolute Gasteiger partial charge is 0.399 e. The van der Waals surface area contributed by atoms with Crippen LogP contribution in [0.4, 0.5) is 11.4 Å². The molecule has 1 aliphatic heterocycles. The van der Waals surface area contributed by atoms with Crippen molar-refractivity contribution >= 4 is 23.8 Å². The Labute approximate surface area is 96.6 Å². The molecule has 0 radical (unpaired) electrons. The number of hydrogen-bond donors (Lipinski definition) is 1. The van der Waals surface area contributed by atoms with Gasteiger partial charge in [-0.1, -0.05) is 0 Å². The number of ether oxygens (including phenoxy) is 1. The summed E-state index contributed by atoms with van der Waals surface area (Å²) in [5.41, 5.74) is 7.69. The minimum atomic E-state index is 0. The van der Waals surface area contributed by atoms with Gasteiger partial charge < -0.3 is 15.4 Å². The summed E-state index contributed by atoms with van der Waals surface area (Å²) in [6.45, 7) is 2.06. The highest BCUT2D eigenvalue weighted by molar-refractivity contribution is 5.85. The van der Waals surface area contributed by atoms with Crippen LogP contribution in [0.2, 0.25) is 0 Å². The van der Waals surface area contributed by atoms with Crippen LogP contribution in [0, 0.1) is 0 Å². The van der Waals surface area contributed by atoms with Crippen molar-refractivity contribution in [3.05, 3.63) is 24.3 Å². The first kappa shape index (κ1) is 12.1. The third kappa shape index (κ3) is 2.76. The van der Waals surface area contributed by atoms with Gasteiger partial charge in [0.25, 0.3) is 0 Å². The lowest BCUT2D eigenvalue weighted by atomic mass is 10.2. The van der Waals surface area contributed by atoms with Crippen molar-refractivity contribution in [2.75, 3.05) is 30.8 Å². The zero-order valence-corrected chi connectivity index (χ0v) is 9.67. The minimum Gasteiger partial charge on any atom is -0.399 e. The summed E-state index contributed by atoms with van der Waals surface area (Å²) in [4.78, 5) is 2.33. The summed E-state index contributed by atoms with van der Waals surface area (Å²) in [7, 11) is 1.77. The predicted molar refractivity (Wildman–Crippen MR) is 65.7 cm³/mol. The highest BCUT2D eigenvalue weighted by Crippen LogP contribution is 2.22. The monoisotopic (exact) mass is 228 g/mol. The third-order valence-electron chi connectivity index (χ3n) is 2.74. The van der Waals surface area contributed by atoms with Gasteiger partial charge in [0.05, 0.1) is 6.10 Å². The van der Waals surface area contributed by atoms with Crippen LogP contribution in [0.5, 0.6) is 0 Å². The number of benzene rings is 1. The Morgan fingerprint density at radius 3 is 2.53 bits per heavy atom. The van der Waals surface area contributed by atoms with Crippen molar-refractivity contribution in [2.45, 2.75) is 12.5 Å². The SMILES string of the molecule is COC1CCN(c2ccc(N)cc2)C1.Cl. The maximum Gasteiger partial charge on any atom is 0.0762 e. The van der Waals surface area contributed by atoms with E-state index in [2.05, 4.69) is 17.0 Å². The molecule has 0 aliphatic carbocycles. The standard InChI is InChI=1S/C11H16N2O.ClH/c1-14-11-6-7-13(8-11)10-4-2-9(12)3-5-10;/h2-5,11H,6-8,12H2,1H3;1H. The number of halogens is 1. The van der Waals surface area contributed by atoms with Gasteiger partial charge in [-0.05, 0) is 30.7 Å². The lowest BCUT2D eigenvalue weighted by Gasteiger charge is -2.18. The van der Waals surface area contributed by atoms with Crippen LogP contribution >= 0.6 is 12.4 Å². The fourth-order valence-corrected chi connectivity index (χ4v) is 1.84. The second-order valence-corrected chi connectivity index (χ2v) is 3.68. The fraction of sp³-hybridized carbons (Fsp3) is 0.455. The molecule has 0 amide bonds. The highest BCUT2D eigenvalue weighted by atomic mass is 35.5. The molecule has 4 heteroatoms. The van der Waals surface area contributed by atoms with Crippen molar-refractivity contribution in [2.24, 2.45) is 0 Å². The Kier molecular flexibility index (Phi) is 4.24. The number of methoxy groups -OCH3 is 1. The summed E-state index contributed by atoms with van der Waals surface area (Å²) < 4.78 is 5.32. The van der Waals surface area contributed by atoms with Crippen LogP contribution in [0.15, 0.2) is 24.3 Å². The quantitative estimate of drug-likeness (QED) is 0.786. The summed E-state index contributed by atoms with van der Waals surface area (Å²) in [5.74, 6) is 0. The van der Waals surface area contributed by atoms with E-state index in [-0.39, 0.29) is 12.4 Å². The van der Waals surface area contributed by atoms with Crippen LogP contribution in [-0.4, -0.2) is 26.3 Å². The number of nitrogen functional groups attached to an aromatic ring is 1. The summed E-state index contributed by atoms with van der Waals surface area (Å²) in [6, 6.07) is 8.01. The normalized spacial score (nSPS) is 20.1. The van der Waals surface area contributed by atoms with Crippen LogP contribution < -0.4 is 10.6 Å². The van der Waals surface area contributed by atoms with Gasteiger partial charge in [-0.3, -0.25) is 0 Å². The van der Waals surface area contributed by atoms with E-state index in [9.17, 15) is 0 Å². The lowest BCUT2D eigenvalue weighted by Crippen LogP contribution is -2.21. The van der Waals surface area contributed by atoms with Crippen molar-refractivity contribution in [1.29, 1.82) is 0 Å². The molecule has 1 unspecified atom stereocenters. The number of nitrogens with zero attached hydrogens (tertiary/aromatic N) is 1. The molecule has 84 valence electrons. The van der Waals surface area contributed by atoms with E-state index in [0.29, 0.717) is 6.10 Å². The van der Waals surface area contributed by atoms with E-state index in [1.807, 2.05) is 12.1 Å². The molecule has 2 N–H and O–H groups in total. The van der Waals surface area contributed by atoms with Crippen molar-refractivity contribution in [1.82, 2.24) is 0 Å². The van der Waals surface area contributed by atoms with Crippen LogP contribution in [0.3, 0.4) is 0 Å². The molecule has 1 aliphatic rings. The third-order valence-corrected chi connectivity index (χ3v) is 2.74. The van der Waals surface area contributed by atoms with Crippen LogP contribution in [0.25, 0.3) is 0 Å². The molecule has 1 aromatic carbocycles. The zero-order valence-electron chi connectivity index (χ0n) is 8.85. The minimum absolute atomic E-state index is 0. The van der Waals surface area contributed by atoms with Gasteiger partial charge in [-0.2, -0.15) is 0 Å². The molecular formula is C11H17ClN2O. The number of anilines is 2. The van der Waals surface area contributed by atoms with Gasteiger partial charge in [0.15, 0.2) is 0 Å². The Morgan fingerprint density at radius 2 is 2.00 bits per heavy atom. The molecule has 2 rings (SSSR count). The maximum atomic E-state index is 5.64. The molecule has 1 aromatic rings. The summed E-state index contributed by atoms with van der Waals surface area (Å²) >= 11 is 0. The molecule has 1 atom stereocenters. The Bertz CT molecular complexity index is 302. The Morgan fingerprint density at radius 1 is 1.33 bits per heavy atom. The Hall–Kier alpha value is -0.930. The number of rotatable bonds is 2. The van der Waals surface area contributed by atoms with E-state index in [4.69, 9.17) is 10.5 Å².